The van der Waals surface area contributed by atoms with Crippen LogP contribution in [0, 0.1) is 0 Å². The van der Waals surface area contributed by atoms with Gasteiger partial charge in [-0.3, -0.25) is 4.90 Å². The summed E-state index contributed by atoms with van der Waals surface area (Å²) in [6.07, 6.45) is 0.162. The van der Waals surface area contributed by atoms with E-state index in [2.05, 4.69) is 9.78 Å². The molecule has 0 saturated carbocycles. The van der Waals surface area contributed by atoms with Crippen LogP contribution in [0.4, 0.5) is 4.79 Å². The molecule has 0 aliphatic carbocycles. The first-order valence-corrected chi connectivity index (χ1v) is 8.61. The van der Waals surface area contributed by atoms with Crippen LogP contribution in [0.3, 0.4) is 0 Å². The number of hydrogen-bond donors (Lipinski definition) is 0. The average Bonchev–Trinajstić information content (AvgIpc) is 2.74. The molecule has 2 aromatic carbocycles. The minimum atomic E-state index is -0.906. The Morgan fingerprint density at radius 3 is 2.25 bits per heavy atom. The highest BCUT2D eigenvalue weighted by Gasteiger charge is 2.19. The lowest BCUT2D eigenvalue weighted by molar-refractivity contribution is -0.187. The molecule has 0 atom stereocenters. The van der Waals surface area contributed by atoms with E-state index in [-0.39, 0.29) is 23.6 Å². The van der Waals surface area contributed by atoms with Gasteiger partial charge in [-0.2, -0.15) is 0 Å². The van der Waals surface area contributed by atoms with Gasteiger partial charge in [0.05, 0.1) is 12.2 Å². The maximum atomic E-state index is 12.2. The van der Waals surface area contributed by atoms with Crippen LogP contribution in [0.2, 0.25) is 0 Å². The normalized spacial score (nSPS) is 9.93. The maximum absolute atomic E-state index is 12.2. The van der Waals surface area contributed by atoms with Gasteiger partial charge < -0.3 is 9.47 Å². The Kier molecular flexibility index (Phi) is 7.83. The van der Waals surface area contributed by atoms with Gasteiger partial charge in [-0.25, -0.2) is 24.2 Å². The zero-order chi connectivity index (χ0) is 20.4. The number of carbonyl (C=O) groups excluding carboxylic acids is 3. The fraction of sp³-hybridized carbons (Fsp3) is 0.250. The van der Waals surface area contributed by atoms with E-state index in [9.17, 15) is 14.4 Å². The molecule has 8 nitrogen and oxygen atoms in total. The molecular weight excluding hydrogens is 366 g/mol. The summed E-state index contributed by atoms with van der Waals surface area (Å²) in [5.41, 5.74) is 0.283. The lowest BCUT2D eigenvalue weighted by Crippen LogP contribution is -2.31. The van der Waals surface area contributed by atoms with Crippen molar-refractivity contribution in [1.29, 1.82) is 0 Å². The van der Waals surface area contributed by atoms with Crippen LogP contribution in [0.1, 0.15) is 34.1 Å². The molecule has 148 valence electrons. The summed E-state index contributed by atoms with van der Waals surface area (Å²) in [7, 11) is 1.50. The number of carbonyl (C=O) groups is 3. The van der Waals surface area contributed by atoms with Crippen LogP contribution in [-0.2, 0) is 14.5 Å². The number of nitrogens with zero attached hydrogens (tertiary/aromatic N) is 1. The lowest BCUT2D eigenvalue weighted by Gasteiger charge is -2.18. The van der Waals surface area contributed by atoms with Crippen molar-refractivity contribution in [3.05, 3.63) is 65.7 Å². The number of benzene rings is 2. The third-order valence-electron chi connectivity index (χ3n) is 3.46. The SMILES string of the molecule is CCCOC(=O)N(C)COc1ccccc1C(=O)OOC(=O)c1ccccc1. The van der Waals surface area contributed by atoms with Crippen LogP contribution in [0.5, 0.6) is 5.75 Å². The summed E-state index contributed by atoms with van der Waals surface area (Å²) in [6.45, 7) is 2.05. The van der Waals surface area contributed by atoms with Crippen LogP contribution >= 0.6 is 0 Å². The minimum Gasteiger partial charge on any atom is -0.472 e. The molecule has 8 heteroatoms. The van der Waals surface area contributed by atoms with Gasteiger partial charge in [0.15, 0.2) is 6.73 Å². The molecule has 28 heavy (non-hydrogen) atoms. The molecule has 0 saturated heterocycles. The molecule has 0 fully saturated rings. The predicted octanol–water partition coefficient (Wildman–Crippen LogP) is 3.43. The summed E-state index contributed by atoms with van der Waals surface area (Å²) in [5.74, 6) is -1.54. The van der Waals surface area contributed by atoms with Crippen molar-refractivity contribution in [3.8, 4) is 5.75 Å². The topological polar surface area (TPSA) is 91.4 Å². The van der Waals surface area contributed by atoms with Gasteiger partial charge >= 0.3 is 18.0 Å². The number of ether oxygens (including phenoxy) is 2. The summed E-state index contributed by atoms with van der Waals surface area (Å²) < 4.78 is 10.5. The molecular formula is C20H21NO7. The van der Waals surface area contributed by atoms with E-state index in [1.165, 1.54) is 36.2 Å². The van der Waals surface area contributed by atoms with Crippen LogP contribution in [0.15, 0.2) is 54.6 Å². The molecule has 0 N–H and O–H groups in total. The zero-order valence-electron chi connectivity index (χ0n) is 15.6. The predicted molar refractivity (Wildman–Crippen MR) is 98.6 cm³/mol. The fourth-order valence-electron chi connectivity index (χ4n) is 2.02. The second-order valence-corrected chi connectivity index (χ2v) is 5.69. The molecule has 0 aromatic heterocycles. The molecule has 2 aromatic rings. The van der Waals surface area contributed by atoms with E-state index in [0.29, 0.717) is 13.0 Å². The Balaban J connectivity index is 1.94. The van der Waals surface area contributed by atoms with Crippen molar-refractivity contribution >= 4 is 18.0 Å². The molecule has 0 aliphatic rings. The summed E-state index contributed by atoms with van der Waals surface area (Å²) >= 11 is 0. The van der Waals surface area contributed by atoms with Gasteiger partial charge in [0, 0.05) is 7.05 Å². The molecule has 0 aliphatic heterocycles. The fourth-order valence-corrected chi connectivity index (χ4v) is 2.02. The van der Waals surface area contributed by atoms with E-state index in [4.69, 9.17) is 9.47 Å². The standard InChI is InChI=1S/C20H21NO7/c1-3-13-25-20(24)21(2)14-26-17-12-8-7-11-16(17)19(23)28-27-18(22)15-9-5-4-6-10-15/h4-12H,3,13-14H2,1-2H3. The smallest absolute Gasteiger partial charge is 0.412 e. The van der Waals surface area contributed by atoms with Gasteiger partial charge in [0.2, 0.25) is 0 Å². The van der Waals surface area contributed by atoms with Crippen LogP contribution in [-0.4, -0.2) is 43.3 Å². The number of rotatable bonds is 7. The highest BCUT2D eigenvalue weighted by molar-refractivity contribution is 5.94. The van der Waals surface area contributed by atoms with Crippen molar-refractivity contribution in [3.63, 3.8) is 0 Å². The zero-order valence-corrected chi connectivity index (χ0v) is 15.6. The molecule has 0 heterocycles. The Hall–Kier alpha value is -3.55. The molecule has 0 radical (unpaired) electrons. The maximum Gasteiger partial charge on any atom is 0.412 e. The quantitative estimate of drug-likeness (QED) is 0.408. The van der Waals surface area contributed by atoms with E-state index in [1.807, 2.05) is 6.92 Å². The van der Waals surface area contributed by atoms with Gasteiger partial charge in [-0.15, -0.1) is 0 Å². The summed E-state index contributed by atoms with van der Waals surface area (Å²) in [5, 5.41) is 0. The van der Waals surface area contributed by atoms with Crippen molar-refractivity contribution in [2.45, 2.75) is 13.3 Å². The Morgan fingerprint density at radius 2 is 1.54 bits per heavy atom. The first-order chi connectivity index (χ1) is 13.5. The van der Waals surface area contributed by atoms with Crippen LogP contribution < -0.4 is 4.74 Å². The second kappa shape index (κ2) is 10.6. The molecule has 1 amide bonds. The highest BCUT2D eigenvalue weighted by Crippen LogP contribution is 2.19. The third kappa shape index (κ3) is 6.01. The van der Waals surface area contributed by atoms with Crippen molar-refractivity contribution in [2.24, 2.45) is 0 Å². The number of amides is 1. The van der Waals surface area contributed by atoms with E-state index in [1.54, 1.807) is 30.3 Å². The Labute approximate surface area is 162 Å². The second-order valence-electron chi connectivity index (χ2n) is 5.69. The van der Waals surface area contributed by atoms with Gasteiger partial charge in [-0.1, -0.05) is 37.3 Å². The number of para-hydroxylation sites is 1. The van der Waals surface area contributed by atoms with Gasteiger partial charge in [-0.05, 0) is 30.7 Å². The largest absolute Gasteiger partial charge is 0.472 e. The molecule has 0 unspecified atom stereocenters. The minimum absolute atomic E-state index is 0.0405. The third-order valence-corrected chi connectivity index (χ3v) is 3.46. The summed E-state index contributed by atoms with van der Waals surface area (Å²) in [6, 6.07) is 14.3. The summed E-state index contributed by atoms with van der Waals surface area (Å²) in [4.78, 5) is 46.2. The molecule has 0 spiro atoms. The molecule has 0 bridgehead atoms. The molecule has 2 rings (SSSR count). The van der Waals surface area contributed by atoms with Crippen molar-refractivity contribution in [2.75, 3.05) is 20.4 Å². The Morgan fingerprint density at radius 1 is 0.893 bits per heavy atom. The number of hydrogen-bond acceptors (Lipinski definition) is 7. The highest BCUT2D eigenvalue weighted by atomic mass is 17.2. The van der Waals surface area contributed by atoms with Gasteiger partial charge in [0.25, 0.3) is 0 Å². The monoisotopic (exact) mass is 387 g/mol. The van der Waals surface area contributed by atoms with E-state index in [0.717, 1.165) is 0 Å². The van der Waals surface area contributed by atoms with E-state index >= 15 is 0 Å². The van der Waals surface area contributed by atoms with E-state index < -0.39 is 18.0 Å². The lowest BCUT2D eigenvalue weighted by atomic mass is 10.2. The average molecular weight is 387 g/mol. The van der Waals surface area contributed by atoms with Gasteiger partial charge in [0.1, 0.15) is 11.3 Å². The van der Waals surface area contributed by atoms with Crippen LogP contribution in [0.25, 0.3) is 0 Å². The Bertz CT molecular complexity index is 807. The first kappa shape index (κ1) is 20.8. The van der Waals surface area contributed by atoms with Crippen molar-refractivity contribution in [1.82, 2.24) is 4.90 Å². The first-order valence-electron chi connectivity index (χ1n) is 8.61. The van der Waals surface area contributed by atoms with Crippen molar-refractivity contribution < 1.29 is 33.6 Å².